The topological polar surface area (TPSA) is 86.8 Å². The zero-order valence-electron chi connectivity index (χ0n) is 8.05. The third-order valence-corrected chi connectivity index (χ3v) is 2.45. The number of phenolic OH excluding ortho intramolecular Hbond substituents is 1. The van der Waals surface area contributed by atoms with E-state index in [1.54, 1.807) is 6.07 Å². The molecule has 1 fully saturated rings. The van der Waals surface area contributed by atoms with E-state index in [0.717, 1.165) is 0 Å². The maximum Gasteiger partial charge on any atom is 0.257 e. The van der Waals surface area contributed by atoms with E-state index < -0.39 is 6.10 Å². The van der Waals surface area contributed by atoms with Crippen molar-refractivity contribution in [1.82, 2.24) is 4.90 Å². The number of hydrogen-bond acceptors (Lipinski definition) is 4. The molecule has 80 valence electrons. The number of rotatable bonds is 1. The van der Waals surface area contributed by atoms with Gasteiger partial charge in [-0.3, -0.25) is 4.79 Å². The molecule has 0 spiro atoms. The Morgan fingerprint density at radius 2 is 2.13 bits per heavy atom. The van der Waals surface area contributed by atoms with Crippen LogP contribution in [-0.4, -0.2) is 40.2 Å². The van der Waals surface area contributed by atoms with Gasteiger partial charge in [-0.25, -0.2) is 0 Å². The molecule has 0 saturated carbocycles. The summed E-state index contributed by atoms with van der Waals surface area (Å²) in [6, 6.07) is 4.65. The standard InChI is InChI=1S/C10H12N2O3/c11-8-3-1-2-7(9(8)14)10(15)12-4-6(13)5-12/h1-3,6,13-14H,4-5,11H2. The molecule has 1 heterocycles. The van der Waals surface area contributed by atoms with Crippen molar-refractivity contribution in [2.75, 3.05) is 18.8 Å². The van der Waals surface area contributed by atoms with Crippen molar-refractivity contribution in [2.45, 2.75) is 6.10 Å². The number of β-amino-alcohol motifs (C(OH)–C–C–N with tert-alkyl or cyclic N) is 1. The fraction of sp³-hybridized carbons (Fsp3) is 0.300. The molecule has 5 heteroatoms. The maximum absolute atomic E-state index is 11.7. The third kappa shape index (κ3) is 1.61. The number of aliphatic hydroxyl groups excluding tert-OH is 1. The number of nitrogens with zero attached hydrogens (tertiary/aromatic N) is 1. The van der Waals surface area contributed by atoms with Crippen LogP contribution in [0.3, 0.4) is 0 Å². The summed E-state index contributed by atoms with van der Waals surface area (Å²) in [5, 5.41) is 18.6. The van der Waals surface area contributed by atoms with E-state index in [1.807, 2.05) is 0 Å². The zero-order valence-corrected chi connectivity index (χ0v) is 8.05. The lowest BCUT2D eigenvalue weighted by Crippen LogP contribution is -2.53. The predicted molar refractivity (Wildman–Crippen MR) is 54.4 cm³/mol. The van der Waals surface area contributed by atoms with E-state index >= 15 is 0 Å². The molecule has 4 N–H and O–H groups in total. The van der Waals surface area contributed by atoms with Gasteiger partial charge in [0.05, 0.1) is 17.4 Å². The van der Waals surface area contributed by atoms with E-state index in [4.69, 9.17) is 10.8 Å². The number of carbonyl (C=O) groups is 1. The van der Waals surface area contributed by atoms with Gasteiger partial charge in [0.15, 0.2) is 5.75 Å². The number of benzene rings is 1. The van der Waals surface area contributed by atoms with Gasteiger partial charge in [-0.2, -0.15) is 0 Å². The van der Waals surface area contributed by atoms with Gasteiger partial charge in [0, 0.05) is 13.1 Å². The first-order chi connectivity index (χ1) is 7.09. The first kappa shape index (κ1) is 9.79. The Morgan fingerprint density at radius 3 is 2.73 bits per heavy atom. The van der Waals surface area contributed by atoms with Gasteiger partial charge >= 0.3 is 0 Å². The second kappa shape index (κ2) is 3.43. The van der Waals surface area contributed by atoms with Gasteiger partial charge in [0.2, 0.25) is 0 Å². The highest BCUT2D eigenvalue weighted by atomic mass is 16.3. The molecule has 1 aromatic rings. The lowest BCUT2D eigenvalue weighted by atomic mass is 10.1. The summed E-state index contributed by atoms with van der Waals surface area (Å²) in [7, 11) is 0. The van der Waals surface area contributed by atoms with Crippen LogP contribution in [0, 0.1) is 0 Å². The van der Waals surface area contributed by atoms with Crippen LogP contribution in [0.4, 0.5) is 5.69 Å². The average Bonchev–Trinajstić information content (AvgIpc) is 2.16. The van der Waals surface area contributed by atoms with Crippen molar-refractivity contribution in [3.63, 3.8) is 0 Å². The largest absolute Gasteiger partial charge is 0.505 e. The minimum atomic E-state index is -0.447. The molecular weight excluding hydrogens is 196 g/mol. The van der Waals surface area contributed by atoms with E-state index in [0.29, 0.717) is 13.1 Å². The highest BCUT2D eigenvalue weighted by Crippen LogP contribution is 2.26. The van der Waals surface area contributed by atoms with Gasteiger partial charge in [-0.05, 0) is 12.1 Å². The molecular formula is C10H12N2O3. The lowest BCUT2D eigenvalue weighted by Gasteiger charge is -2.36. The van der Waals surface area contributed by atoms with Crippen molar-refractivity contribution in [3.05, 3.63) is 23.8 Å². The molecule has 0 radical (unpaired) electrons. The number of para-hydroxylation sites is 1. The van der Waals surface area contributed by atoms with Crippen LogP contribution < -0.4 is 5.73 Å². The molecule has 0 aliphatic carbocycles. The Balaban J connectivity index is 2.22. The van der Waals surface area contributed by atoms with Crippen LogP contribution in [0.2, 0.25) is 0 Å². The Labute approximate surface area is 86.7 Å². The van der Waals surface area contributed by atoms with Crippen LogP contribution in [-0.2, 0) is 0 Å². The van der Waals surface area contributed by atoms with Crippen molar-refractivity contribution in [2.24, 2.45) is 0 Å². The second-order valence-corrected chi connectivity index (χ2v) is 3.61. The molecule has 1 amide bonds. The van der Waals surface area contributed by atoms with Crippen molar-refractivity contribution in [3.8, 4) is 5.75 Å². The number of nitrogen functional groups attached to an aromatic ring is 1. The van der Waals surface area contributed by atoms with E-state index in [1.165, 1.54) is 17.0 Å². The van der Waals surface area contributed by atoms with Crippen LogP contribution >= 0.6 is 0 Å². The summed E-state index contributed by atoms with van der Waals surface area (Å²) in [6.45, 7) is 0.625. The summed E-state index contributed by atoms with van der Waals surface area (Å²) >= 11 is 0. The van der Waals surface area contributed by atoms with Gasteiger partial charge in [0.25, 0.3) is 5.91 Å². The van der Waals surface area contributed by atoms with Crippen molar-refractivity contribution in [1.29, 1.82) is 0 Å². The number of aliphatic hydroxyl groups is 1. The third-order valence-electron chi connectivity index (χ3n) is 2.45. The molecule has 1 saturated heterocycles. The quantitative estimate of drug-likeness (QED) is 0.440. The number of amides is 1. The number of phenols is 1. The highest BCUT2D eigenvalue weighted by molar-refractivity contribution is 5.98. The van der Waals surface area contributed by atoms with Gasteiger partial charge in [-0.1, -0.05) is 6.07 Å². The molecule has 1 aromatic carbocycles. The van der Waals surface area contributed by atoms with Crippen LogP contribution in [0.15, 0.2) is 18.2 Å². The summed E-state index contributed by atoms with van der Waals surface area (Å²) in [6.07, 6.45) is -0.447. The molecule has 1 aliphatic heterocycles. The molecule has 5 nitrogen and oxygen atoms in total. The van der Waals surface area contributed by atoms with Crippen molar-refractivity contribution >= 4 is 11.6 Å². The number of likely N-dealkylation sites (tertiary alicyclic amines) is 1. The minimum absolute atomic E-state index is 0.182. The Bertz CT molecular complexity index is 400. The lowest BCUT2D eigenvalue weighted by molar-refractivity contribution is 0.00571. The number of carbonyl (C=O) groups excluding carboxylic acids is 1. The molecule has 0 atom stereocenters. The molecule has 1 aliphatic rings. The Morgan fingerprint density at radius 1 is 1.47 bits per heavy atom. The van der Waals surface area contributed by atoms with Crippen LogP contribution in [0.25, 0.3) is 0 Å². The van der Waals surface area contributed by atoms with E-state index in [9.17, 15) is 9.90 Å². The number of aromatic hydroxyl groups is 1. The second-order valence-electron chi connectivity index (χ2n) is 3.61. The summed E-state index contributed by atoms with van der Waals surface area (Å²) in [5.41, 5.74) is 5.84. The molecule has 0 bridgehead atoms. The summed E-state index contributed by atoms with van der Waals surface area (Å²) in [4.78, 5) is 13.2. The van der Waals surface area contributed by atoms with E-state index in [-0.39, 0.29) is 22.9 Å². The van der Waals surface area contributed by atoms with Gasteiger partial charge < -0.3 is 20.8 Å². The molecule has 0 unspecified atom stereocenters. The number of nitrogens with two attached hydrogens (primary N) is 1. The highest BCUT2D eigenvalue weighted by Gasteiger charge is 2.30. The first-order valence-electron chi connectivity index (χ1n) is 4.64. The maximum atomic E-state index is 11.7. The SMILES string of the molecule is Nc1cccc(C(=O)N2CC(O)C2)c1O. The van der Waals surface area contributed by atoms with Crippen molar-refractivity contribution < 1.29 is 15.0 Å². The van der Waals surface area contributed by atoms with Crippen LogP contribution in [0.1, 0.15) is 10.4 Å². The smallest absolute Gasteiger partial charge is 0.257 e. The van der Waals surface area contributed by atoms with E-state index in [2.05, 4.69) is 0 Å². The molecule has 0 aromatic heterocycles. The zero-order chi connectivity index (χ0) is 11.0. The molecule has 2 rings (SSSR count). The first-order valence-corrected chi connectivity index (χ1v) is 4.64. The number of anilines is 1. The summed E-state index contributed by atoms with van der Waals surface area (Å²) in [5.74, 6) is -0.492. The van der Waals surface area contributed by atoms with Gasteiger partial charge in [-0.15, -0.1) is 0 Å². The predicted octanol–water partition coefficient (Wildman–Crippen LogP) is -0.209. The Kier molecular flexibility index (Phi) is 2.24. The fourth-order valence-corrected chi connectivity index (χ4v) is 1.53. The van der Waals surface area contributed by atoms with Crippen LogP contribution in [0.5, 0.6) is 5.75 Å². The fourth-order valence-electron chi connectivity index (χ4n) is 1.53. The Hall–Kier alpha value is -1.75. The average molecular weight is 208 g/mol. The normalized spacial score (nSPS) is 16.2. The monoisotopic (exact) mass is 208 g/mol. The number of hydrogen-bond donors (Lipinski definition) is 3. The molecule has 15 heavy (non-hydrogen) atoms. The van der Waals surface area contributed by atoms with Gasteiger partial charge in [0.1, 0.15) is 0 Å². The minimum Gasteiger partial charge on any atom is -0.505 e. The summed E-state index contributed by atoms with van der Waals surface area (Å²) < 4.78 is 0.